The molecule has 7 nitrogen and oxygen atoms in total. The topological polar surface area (TPSA) is 103 Å². The Bertz CT molecular complexity index is 1030. The molecule has 0 aliphatic rings. The first-order valence-electron chi connectivity index (χ1n) is 7.95. The lowest BCUT2D eigenvalue weighted by Gasteiger charge is -2.09. The Hall–Kier alpha value is -3.35. The molecule has 126 valence electrons. The molecule has 0 aliphatic carbocycles. The third-order valence-electron chi connectivity index (χ3n) is 3.73. The summed E-state index contributed by atoms with van der Waals surface area (Å²) in [6.07, 6.45) is 2.00. The summed E-state index contributed by atoms with van der Waals surface area (Å²) >= 11 is 0. The fourth-order valence-corrected chi connectivity index (χ4v) is 2.69. The molecule has 0 saturated carbocycles. The minimum Gasteiger partial charge on any atom is -0.475 e. The number of hydrogen-bond donors (Lipinski definition) is 2. The summed E-state index contributed by atoms with van der Waals surface area (Å²) in [5.74, 6) is 0.985. The van der Waals surface area contributed by atoms with Crippen molar-refractivity contribution in [3.63, 3.8) is 0 Å². The van der Waals surface area contributed by atoms with Crippen molar-refractivity contribution in [1.82, 2.24) is 20.2 Å². The van der Waals surface area contributed by atoms with E-state index in [1.54, 1.807) is 0 Å². The molecule has 0 atom stereocenters. The Balaban J connectivity index is 1.80. The molecule has 3 N–H and O–H groups in total. The number of nitrogens with two attached hydrogens (primary N) is 1. The van der Waals surface area contributed by atoms with Gasteiger partial charge < -0.3 is 19.9 Å². The molecule has 4 aromatic rings. The molecule has 3 aromatic heterocycles. The fraction of sp³-hybridized carbons (Fsp3) is 0.167. The van der Waals surface area contributed by atoms with Crippen LogP contribution >= 0.6 is 0 Å². The van der Waals surface area contributed by atoms with E-state index in [1.165, 1.54) is 0 Å². The molecule has 0 saturated heterocycles. The van der Waals surface area contributed by atoms with Gasteiger partial charge in [-0.3, -0.25) is 0 Å². The van der Waals surface area contributed by atoms with Gasteiger partial charge in [0.05, 0.1) is 11.8 Å². The Morgan fingerprint density at radius 3 is 2.80 bits per heavy atom. The van der Waals surface area contributed by atoms with Crippen LogP contribution in [0.1, 0.15) is 13.8 Å². The molecular formula is C18H17N5O2. The highest BCUT2D eigenvalue weighted by Crippen LogP contribution is 2.31. The van der Waals surface area contributed by atoms with E-state index in [0.717, 1.165) is 27.7 Å². The van der Waals surface area contributed by atoms with Crippen LogP contribution in [0.25, 0.3) is 33.6 Å². The van der Waals surface area contributed by atoms with Gasteiger partial charge in [-0.2, -0.15) is 0 Å². The highest BCUT2D eigenvalue weighted by Gasteiger charge is 2.12. The van der Waals surface area contributed by atoms with Gasteiger partial charge in [-0.05, 0) is 38.1 Å². The number of pyridine rings is 1. The van der Waals surface area contributed by atoms with Gasteiger partial charge >= 0.3 is 6.01 Å². The van der Waals surface area contributed by atoms with E-state index in [0.29, 0.717) is 11.8 Å². The van der Waals surface area contributed by atoms with Crippen molar-refractivity contribution in [3.8, 4) is 28.6 Å². The van der Waals surface area contributed by atoms with Gasteiger partial charge in [-0.25, -0.2) is 4.98 Å². The largest absolute Gasteiger partial charge is 0.475 e. The number of hydrogen-bond acceptors (Lipinski definition) is 6. The number of H-pyrrole nitrogens is 1. The lowest BCUT2D eigenvalue weighted by Crippen LogP contribution is -2.06. The van der Waals surface area contributed by atoms with Crippen LogP contribution in [0.4, 0.5) is 6.01 Å². The molecule has 0 fully saturated rings. The zero-order valence-electron chi connectivity index (χ0n) is 13.9. The maximum atomic E-state index is 5.69. The molecule has 0 bridgehead atoms. The lowest BCUT2D eigenvalue weighted by atomic mass is 10.1. The Kier molecular flexibility index (Phi) is 3.61. The second-order valence-corrected chi connectivity index (χ2v) is 5.94. The van der Waals surface area contributed by atoms with E-state index in [-0.39, 0.29) is 12.1 Å². The normalized spacial score (nSPS) is 11.3. The van der Waals surface area contributed by atoms with Crippen LogP contribution in [0, 0.1) is 0 Å². The number of anilines is 1. The Morgan fingerprint density at radius 1 is 1.16 bits per heavy atom. The third-order valence-corrected chi connectivity index (χ3v) is 3.73. The van der Waals surface area contributed by atoms with E-state index in [2.05, 4.69) is 20.2 Å². The van der Waals surface area contributed by atoms with Gasteiger partial charge in [0.25, 0.3) is 0 Å². The van der Waals surface area contributed by atoms with E-state index < -0.39 is 0 Å². The average Bonchev–Trinajstić information content (AvgIpc) is 3.20. The monoisotopic (exact) mass is 335 g/mol. The number of aromatic amines is 1. The van der Waals surface area contributed by atoms with Gasteiger partial charge in [0, 0.05) is 34.3 Å². The molecule has 0 unspecified atom stereocenters. The minimum atomic E-state index is 0.0459. The molecule has 0 amide bonds. The Labute approximate surface area is 143 Å². The number of ether oxygens (including phenoxy) is 1. The first-order chi connectivity index (χ1) is 12.1. The number of benzene rings is 1. The highest BCUT2D eigenvalue weighted by atomic mass is 16.5. The summed E-state index contributed by atoms with van der Waals surface area (Å²) in [6.45, 7) is 3.95. The summed E-state index contributed by atoms with van der Waals surface area (Å²) in [5.41, 5.74) is 9.10. The number of nitrogen functional groups attached to an aromatic ring is 1. The standard InChI is InChI=1S/C18H17N5O2/c1-10(2)24-16-5-3-4-15(21-16)13-9-20-14-7-6-11(8-12(13)14)17-22-23-18(19)25-17/h3-10,20H,1-2H3,(H2,19,23). The maximum Gasteiger partial charge on any atom is 0.313 e. The van der Waals surface area contributed by atoms with Crippen LogP contribution < -0.4 is 10.5 Å². The van der Waals surface area contributed by atoms with Crippen molar-refractivity contribution in [2.24, 2.45) is 0 Å². The number of rotatable bonds is 4. The molecule has 0 aliphatic heterocycles. The van der Waals surface area contributed by atoms with Crippen molar-refractivity contribution in [2.45, 2.75) is 20.0 Å². The van der Waals surface area contributed by atoms with Crippen LogP contribution in [0.15, 0.2) is 47.0 Å². The zero-order chi connectivity index (χ0) is 17.4. The second kappa shape index (κ2) is 5.94. The van der Waals surface area contributed by atoms with Crippen molar-refractivity contribution >= 4 is 16.9 Å². The first-order valence-corrected chi connectivity index (χ1v) is 7.95. The SMILES string of the molecule is CC(C)Oc1cccc(-c2c[nH]c3ccc(-c4nnc(N)o4)cc23)n1. The van der Waals surface area contributed by atoms with Crippen molar-refractivity contribution in [3.05, 3.63) is 42.6 Å². The van der Waals surface area contributed by atoms with Crippen LogP contribution in [0.2, 0.25) is 0 Å². The van der Waals surface area contributed by atoms with Crippen LogP contribution in [0.5, 0.6) is 5.88 Å². The van der Waals surface area contributed by atoms with E-state index in [4.69, 9.17) is 14.9 Å². The summed E-state index contributed by atoms with van der Waals surface area (Å²) < 4.78 is 11.0. The quantitative estimate of drug-likeness (QED) is 0.590. The predicted octanol–water partition coefficient (Wildman–Crippen LogP) is 3.65. The summed E-state index contributed by atoms with van der Waals surface area (Å²) in [7, 11) is 0. The number of nitrogens with zero attached hydrogens (tertiary/aromatic N) is 3. The zero-order valence-corrected chi connectivity index (χ0v) is 13.9. The first kappa shape index (κ1) is 15.2. The van der Waals surface area contributed by atoms with Gasteiger partial charge in [0.15, 0.2) is 0 Å². The Morgan fingerprint density at radius 2 is 2.04 bits per heavy atom. The van der Waals surface area contributed by atoms with Gasteiger partial charge in [0.2, 0.25) is 11.8 Å². The molecule has 0 spiro atoms. The molecular weight excluding hydrogens is 318 g/mol. The maximum absolute atomic E-state index is 5.69. The van der Waals surface area contributed by atoms with Gasteiger partial charge in [-0.15, -0.1) is 5.10 Å². The third kappa shape index (κ3) is 2.91. The van der Waals surface area contributed by atoms with Crippen molar-refractivity contribution < 1.29 is 9.15 Å². The van der Waals surface area contributed by atoms with Crippen LogP contribution in [-0.4, -0.2) is 26.3 Å². The molecule has 0 radical (unpaired) electrons. The van der Waals surface area contributed by atoms with E-state index in [9.17, 15) is 0 Å². The summed E-state index contributed by atoms with van der Waals surface area (Å²) in [6, 6.07) is 11.6. The van der Waals surface area contributed by atoms with Crippen molar-refractivity contribution in [2.75, 3.05) is 5.73 Å². The minimum absolute atomic E-state index is 0.0459. The molecule has 3 heterocycles. The van der Waals surface area contributed by atoms with Gasteiger partial charge in [-0.1, -0.05) is 11.2 Å². The molecule has 1 aromatic carbocycles. The summed E-state index contributed by atoms with van der Waals surface area (Å²) in [5, 5.41) is 8.65. The second-order valence-electron chi connectivity index (χ2n) is 5.94. The predicted molar refractivity (Wildman–Crippen MR) is 95.0 cm³/mol. The van der Waals surface area contributed by atoms with E-state index in [1.807, 2.05) is 56.4 Å². The van der Waals surface area contributed by atoms with Crippen molar-refractivity contribution in [1.29, 1.82) is 0 Å². The number of nitrogens with one attached hydrogen (secondary N) is 1. The summed E-state index contributed by atoms with van der Waals surface area (Å²) in [4.78, 5) is 7.86. The molecule has 7 heteroatoms. The van der Waals surface area contributed by atoms with Crippen LogP contribution in [0.3, 0.4) is 0 Å². The average molecular weight is 335 g/mol. The van der Waals surface area contributed by atoms with Crippen LogP contribution in [-0.2, 0) is 0 Å². The smallest absolute Gasteiger partial charge is 0.313 e. The fourth-order valence-electron chi connectivity index (χ4n) is 2.69. The van der Waals surface area contributed by atoms with Gasteiger partial charge in [0.1, 0.15) is 0 Å². The number of aromatic nitrogens is 4. The molecule has 4 rings (SSSR count). The van der Waals surface area contributed by atoms with E-state index >= 15 is 0 Å². The lowest BCUT2D eigenvalue weighted by molar-refractivity contribution is 0.233. The molecule has 25 heavy (non-hydrogen) atoms. The highest BCUT2D eigenvalue weighted by molar-refractivity contribution is 5.96. The number of fused-ring (bicyclic) bond motifs is 1.